The Morgan fingerprint density at radius 2 is 1.03 bits per heavy atom. The molecule has 0 spiro atoms. The van der Waals surface area contributed by atoms with E-state index < -0.39 is 0 Å². The van der Waals surface area contributed by atoms with Crippen molar-refractivity contribution < 1.29 is 4.79 Å². The lowest BCUT2D eigenvalue weighted by molar-refractivity contribution is 0.112. The molecule has 0 N–H and O–H groups in total. The summed E-state index contributed by atoms with van der Waals surface area (Å²) in [6.45, 7) is 14.9. The van der Waals surface area contributed by atoms with Crippen molar-refractivity contribution in [2.75, 3.05) is 0 Å². The molecule has 0 aromatic heterocycles. The summed E-state index contributed by atoms with van der Waals surface area (Å²) in [4.78, 5) is 11.1. The van der Waals surface area contributed by atoms with Gasteiger partial charge in [-0.15, -0.1) is 12.6 Å². The first kappa shape index (κ1) is 39.6. The van der Waals surface area contributed by atoms with Crippen LogP contribution in [0.4, 0.5) is 0 Å². The van der Waals surface area contributed by atoms with Gasteiger partial charge in [0.25, 0.3) is 0 Å². The van der Waals surface area contributed by atoms with Gasteiger partial charge in [-0.05, 0) is 44.4 Å². The molecular weight excluding hydrogens is 492 g/mol. The van der Waals surface area contributed by atoms with E-state index in [1.807, 2.05) is 39.0 Å². The second kappa shape index (κ2) is 31.0. The first-order valence-corrected chi connectivity index (χ1v) is 16.7. The summed E-state index contributed by atoms with van der Waals surface area (Å²) in [6.07, 6.45) is 25.0. The lowest BCUT2D eigenvalue weighted by Gasteiger charge is -2.05. The number of hydrogen-bond donors (Lipinski definition) is 1. The lowest BCUT2D eigenvalue weighted by Crippen LogP contribution is -1.85. The van der Waals surface area contributed by atoms with Crippen molar-refractivity contribution in [1.82, 2.24) is 0 Å². The number of hydrogen-bond acceptors (Lipinski definition) is 2. The van der Waals surface area contributed by atoms with Crippen molar-refractivity contribution in [3.63, 3.8) is 0 Å². The molecule has 2 heteroatoms. The molecule has 1 nitrogen and oxygen atoms in total. The van der Waals surface area contributed by atoms with Crippen molar-refractivity contribution in [3.8, 4) is 0 Å². The molecule has 0 unspecified atom stereocenters. The number of aldehydes is 1. The predicted octanol–water partition coefficient (Wildman–Crippen LogP) is 12.9. The number of unbranched alkanes of at least 4 members (excludes halogenated alkanes) is 8. The molecule has 0 saturated heterocycles. The Labute approximate surface area is 250 Å². The molecule has 1 aliphatic carbocycles. The maximum absolute atomic E-state index is 10.3. The van der Waals surface area contributed by atoms with Crippen LogP contribution in [0.1, 0.15) is 164 Å². The SMILES string of the molecule is C1CCCCC1.CC.CCCCCCCCC.CCCCCc1ccc(C)cc1.Cc1ccc(S)c(C=O)c1. The first-order chi connectivity index (χ1) is 19.0. The number of aryl methyl sites for hydroxylation is 3. The standard InChI is InChI=1S/C12H18.C9H20.C8H8OS.C6H12.C2H6/c1-3-4-5-6-12-9-7-11(2)8-10-12;1-3-5-7-9-8-6-4-2;1-6-2-3-8(10)7(4-6)5-9;1-2-4-6-5-3-1;1-2/h7-10H,3-6H2,1-2H3;3-9H2,1-2H3;2-5,10H,1H3;1-6H2;1-2H3. The summed E-state index contributed by atoms with van der Waals surface area (Å²) in [5, 5.41) is 0. The summed E-state index contributed by atoms with van der Waals surface area (Å²) >= 11 is 4.09. The highest BCUT2D eigenvalue weighted by Crippen LogP contribution is 2.15. The minimum Gasteiger partial charge on any atom is -0.298 e. The Hall–Kier alpha value is -1.54. The Morgan fingerprint density at radius 3 is 1.44 bits per heavy atom. The van der Waals surface area contributed by atoms with Crippen LogP contribution in [-0.4, -0.2) is 6.29 Å². The molecule has 2 aromatic carbocycles. The quantitative estimate of drug-likeness (QED) is 0.165. The van der Waals surface area contributed by atoms with Gasteiger partial charge in [0.05, 0.1) is 0 Å². The Bertz CT molecular complexity index is 744. The van der Waals surface area contributed by atoms with Gasteiger partial charge in [-0.3, -0.25) is 4.79 Å². The molecule has 1 aliphatic rings. The zero-order valence-electron chi connectivity index (χ0n) is 27.0. The topological polar surface area (TPSA) is 17.1 Å². The molecule has 2 aromatic rings. The number of carbonyl (C=O) groups is 1. The van der Waals surface area contributed by atoms with Crippen LogP contribution in [0.15, 0.2) is 47.4 Å². The van der Waals surface area contributed by atoms with Crippen molar-refractivity contribution in [2.24, 2.45) is 0 Å². The largest absolute Gasteiger partial charge is 0.298 e. The predicted molar refractivity (Wildman–Crippen MR) is 181 cm³/mol. The lowest BCUT2D eigenvalue weighted by atomic mass is 10.0. The fourth-order valence-electron chi connectivity index (χ4n) is 4.19. The van der Waals surface area contributed by atoms with Crippen LogP contribution in [-0.2, 0) is 6.42 Å². The number of thiol groups is 1. The van der Waals surface area contributed by atoms with Gasteiger partial charge < -0.3 is 0 Å². The fraction of sp³-hybridized carbons (Fsp3) is 0.649. The summed E-state index contributed by atoms with van der Waals surface area (Å²) in [6, 6.07) is 14.4. The third kappa shape index (κ3) is 26.4. The Kier molecular flexibility index (Phi) is 31.5. The zero-order chi connectivity index (χ0) is 29.6. The van der Waals surface area contributed by atoms with Gasteiger partial charge in [0, 0.05) is 10.5 Å². The first-order valence-electron chi connectivity index (χ1n) is 16.3. The minimum absolute atomic E-state index is 0.656. The van der Waals surface area contributed by atoms with E-state index in [4.69, 9.17) is 0 Å². The van der Waals surface area contributed by atoms with Crippen molar-refractivity contribution in [1.29, 1.82) is 0 Å². The van der Waals surface area contributed by atoms with Crippen LogP contribution in [0.5, 0.6) is 0 Å². The van der Waals surface area contributed by atoms with Gasteiger partial charge in [-0.2, -0.15) is 0 Å². The third-order valence-electron chi connectivity index (χ3n) is 6.71. The van der Waals surface area contributed by atoms with E-state index in [1.165, 1.54) is 120 Å². The number of rotatable bonds is 11. The summed E-state index contributed by atoms with van der Waals surface area (Å²) in [7, 11) is 0. The van der Waals surface area contributed by atoms with E-state index in [1.54, 1.807) is 0 Å². The summed E-state index contributed by atoms with van der Waals surface area (Å²) in [5.74, 6) is 0. The smallest absolute Gasteiger partial charge is 0.151 e. The highest BCUT2D eigenvalue weighted by Gasteiger charge is 1.96. The molecule has 1 fully saturated rings. The molecule has 0 heterocycles. The highest BCUT2D eigenvalue weighted by atomic mass is 32.1. The molecule has 0 aliphatic heterocycles. The van der Waals surface area contributed by atoms with E-state index in [-0.39, 0.29) is 0 Å². The second-order valence-electron chi connectivity index (χ2n) is 10.5. The Balaban J connectivity index is 0. The molecule has 224 valence electrons. The van der Waals surface area contributed by atoms with Crippen LogP contribution >= 0.6 is 12.6 Å². The summed E-state index contributed by atoms with van der Waals surface area (Å²) < 4.78 is 0. The minimum atomic E-state index is 0.656. The van der Waals surface area contributed by atoms with Crippen molar-refractivity contribution >= 4 is 18.9 Å². The van der Waals surface area contributed by atoms with Crippen LogP contribution in [0, 0.1) is 13.8 Å². The van der Waals surface area contributed by atoms with Crippen LogP contribution in [0.25, 0.3) is 0 Å². The van der Waals surface area contributed by atoms with Gasteiger partial charge in [-0.1, -0.05) is 172 Å². The third-order valence-corrected chi connectivity index (χ3v) is 7.11. The average Bonchev–Trinajstić information content (AvgIpc) is 2.98. The van der Waals surface area contributed by atoms with Crippen molar-refractivity contribution in [2.45, 2.75) is 163 Å². The Morgan fingerprint density at radius 1 is 0.615 bits per heavy atom. The van der Waals surface area contributed by atoms with E-state index in [0.717, 1.165) is 16.7 Å². The maximum Gasteiger partial charge on any atom is 0.151 e. The molecule has 39 heavy (non-hydrogen) atoms. The fourth-order valence-corrected chi connectivity index (χ4v) is 4.38. The van der Waals surface area contributed by atoms with Gasteiger partial charge in [0.1, 0.15) is 0 Å². The van der Waals surface area contributed by atoms with E-state index in [0.29, 0.717) is 5.56 Å². The van der Waals surface area contributed by atoms with Crippen LogP contribution in [0.2, 0.25) is 0 Å². The maximum atomic E-state index is 10.3. The zero-order valence-corrected chi connectivity index (χ0v) is 27.9. The molecular formula is C37H64OS. The molecule has 0 atom stereocenters. The van der Waals surface area contributed by atoms with Crippen molar-refractivity contribution in [3.05, 3.63) is 64.7 Å². The van der Waals surface area contributed by atoms with Gasteiger partial charge in [-0.25, -0.2) is 0 Å². The number of carbonyl (C=O) groups excluding carboxylic acids is 1. The average molecular weight is 557 g/mol. The van der Waals surface area contributed by atoms with E-state index >= 15 is 0 Å². The molecule has 0 radical (unpaired) electrons. The van der Waals surface area contributed by atoms with Gasteiger partial charge in [0.2, 0.25) is 0 Å². The van der Waals surface area contributed by atoms with Crippen LogP contribution < -0.4 is 0 Å². The normalized spacial score (nSPS) is 11.7. The van der Waals surface area contributed by atoms with E-state index in [2.05, 4.69) is 64.6 Å². The second-order valence-corrected chi connectivity index (χ2v) is 11.0. The van der Waals surface area contributed by atoms with Crippen LogP contribution in [0.3, 0.4) is 0 Å². The highest BCUT2D eigenvalue weighted by molar-refractivity contribution is 7.80. The number of benzene rings is 2. The molecule has 3 rings (SSSR count). The van der Waals surface area contributed by atoms with Gasteiger partial charge in [0.15, 0.2) is 6.29 Å². The molecule has 0 amide bonds. The molecule has 1 saturated carbocycles. The van der Waals surface area contributed by atoms with Gasteiger partial charge >= 0.3 is 0 Å². The monoisotopic (exact) mass is 556 g/mol. The van der Waals surface area contributed by atoms with E-state index in [9.17, 15) is 4.79 Å². The molecule has 0 bridgehead atoms. The summed E-state index contributed by atoms with van der Waals surface area (Å²) in [5.41, 5.74) is 4.58.